The predicted octanol–water partition coefficient (Wildman–Crippen LogP) is 12.2. The lowest BCUT2D eigenvalue weighted by atomic mass is 9.93. The van der Waals surface area contributed by atoms with Crippen LogP contribution in [0.25, 0.3) is 66.1 Å². The molecule has 4 heteroatoms. The lowest BCUT2D eigenvalue weighted by Crippen LogP contribution is -2.33. The summed E-state index contributed by atoms with van der Waals surface area (Å²) in [5.41, 5.74) is 11.5. The first-order chi connectivity index (χ1) is 26.3. The Morgan fingerprint density at radius 1 is 0.415 bits per heavy atom. The molecule has 0 saturated heterocycles. The first-order valence-electron chi connectivity index (χ1n) is 17.9. The molecule has 10 rings (SSSR count). The van der Waals surface area contributed by atoms with Crippen molar-refractivity contribution in [2.45, 2.75) is 6.17 Å². The SMILES string of the molecule is c1ccc(C2=NC(c3ccc(-c4ccc(-c5ccccc5)cc4)c4oc5ccccc5c34)=NC(c3ccc(-c4ccccc4)c4ccccc34)N2)cc1. The van der Waals surface area contributed by atoms with Crippen LogP contribution in [0.1, 0.15) is 22.9 Å². The molecule has 53 heavy (non-hydrogen) atoms. The third-order valence-electron chi connectivity index (χ3n) is 10.2. The highest BCUT2D eigenvalue weighted by molar-refractivity contribution is 6.23. The molecule has 4 nitrogen and oxygen atoms in total. The van der Waals surface area contributed by atoms with Gasteiger partial charge in [-0.2, -0.15) is 0 Å². The molecule has 1 aromatic heterocycles. The average molecular weight is 680 g/mol. The number of hydrogen-bond donors (Lipinski definition) is 1. The van der Waals surface area contributed by atoms with Crippen molar-refractivity contribution in [2.75, 3.05) is 0 Å². The molecule has 1 N–H and O–H groups in total. The molecular weight excluding hydrogens is 647 g/mol. The Kier molecular flexibility index (Phi) is 7.51. The highest BCUT2D eigenvalue weighted by Gasteiger charge is 2.26. The van der Waals surface area contributed by atoms with Gasteiger partial charge in [-0.25, -0.2) is 9.98 Å². The number of para-hydroxylation sites is 1. The Hall–Kier alpha value is -7.04. The molecule has 9 aromatic rings. The summed E-state index contributed by atoms with van der Waals surface area (Å²) in [5.74, 6) is 1.43. The fraction of sp³-hybridized carbons (Fsp3) is 0.0204. The maximum Gasteiger partial charge on any atom is 0.160 e. The van der Waals surface area contributed by atoms with Crippen LogP contribution in [0.3, 0.4) is 0 Å². The Balaban J connectivity index is 1.16. The smallest absolute Gasteiger partial charge is 0.160 e. The quantitative estimate of drug-likeness (QED) is 0.190. The summed E-state index contributed by atoms with van der Waals surface area (Å²) in [4.78, 5) is 10.7. The molecule has 1 unspecified atom stereocenters. The van der Waals surface area contributed by atoms with Gasteiger partial charge in [0, 0.05) is 33.0 Å². The van der Waals surface area contributed by atoms with Crippen molar-refractivity contribution >= 4 is 44.4 Å². The zero-order valence-electron chi connectivity index (χ0n) is 28.8. The van der Waals surface area contributed by atoms with Crippen molar-refractivity contribution in [3.05, 3.63) is 205 Å². The van der Waals surface area contributed by atoms with Gasteiger partial charge in [-0.3, -0.25) is 0 Å². The van der Waals surface area contributed by atoms with Gasteiger partial charge >= 0.3 is 0 Å². The minimum Gasteiger partial charge on any atom is -0.455 e. The number of nitrogens with zero attached hydrogens (tertiary/aromatic N) is 2. The molecule has 0 saturated carbocycles. The average Bonchev–Trinajstić information content (AvgIpc) is 3.64. The molecule has 0 spiro atoms. The maximum absolute atomic E-state index is 6.70. The number of aliphatic imine (C=N–C) groups is 2. The summed E-state index contributed by atoms with van der Waals surface area (Å²) in [6, 6.07) is 65.6. The zero-order chi connectivity index (χ0) is 35.1. The van der Waals surface area contributed by atoms with Gasteiger partial charge in [0.15, 0.2) is 5.84 Å². The lowest BCUT2D eigenvalue weighted by molar-refractivity contribution is 0.669. The summed E-state index contributed by atoms with van der Waals surface area (Å²) in [7, 11) is 0. The van der Waals surface area contributed by atoms with E-state index in [1.807, 2.05) is 36.4 Å². The standard InChI is InChI=1S/C49H33N3O/c1-4-14-32(15-5-1)33-24-26-35(27-25-33)38-29-31-43(45-42-22-12-13-23-44(42)53-46(38)45)49-51-47(36-18-8-3-9-19-36)50-48(52-49)41-30-28-37(34-16-6-2-7-17-34)39-20-10-11-21-40(39)41/h1-31,48H,(H,50,51,52). The normalized spacial score (nSPS) is 14.2. The molecule has 8 aromatic carbocycles. The van der Waals surface area contributed by atoms with Crippen LogP contribution < -0.4 is 5.32 Å². The molecule has 2 heterocycles. The molecule has 0 bridgehead atoms. The van der Waals surface area contributed by atoms with E-state index in [2.05, 4.69) is 157 Å². The highest BCUT2D eigenvalue weighted by atomic mass is 16.3. The monoisotopic (exact) mass is 679 g/mol. The second-order valence-corrected chi connectivity index (χ2v) is 13.3. The van der Waals surface area contributed by atoms with Crippen LogP contribution in [-0.2, 0) is 0 Å². The van der Waals surface area contributed by atoms with Crippen molar-refractivity contribution in [3.8, 4) is 33.4 Å². The van der Waals surface area contributed by atoms with Crippen LogP contribution in [0.5, 0.6) is 0 Å². The molecule has 0 aliphatic carbocycles. The molecule has 1 aliphatic heterocycles. The minimum absolute atomic E-state index is 0.383. The van der Waals surface area contributed by atoms with Crippen LogP contribution in [-0.4, -0.2) is 11.7 Å². The first-order valence-corrected chi connectivity index (χ1v) is 17.9. The molecule has 0 amide bonds. The third-order valence-corrected chi connectivity index (χ3v) is 10.2. The van der Waals surface area contributed by atoms with Crippen LogP contribution in [0.2, 0.25) is 0 Å². The van der Waals surface area contributed by atoms with Gasteiger partial charge in [0.05, 0.1) is 0 Å². The topological polar surface area (TPSA) is 49.9 Å². The van der Waals surface area contributed by atoms with E-state index in [0.29, 0.717) is 5.84 Å². The van der Waals surface area contributed by atoms with Gasteiger partial charge in [-0.15, -0.1) is 0 Å². The Labute approximate surface area is 307 Å². The van der Waals surface area contributed by atoms with Crippen molar-refractivity contribution in [3.63, 3.8) is 0 Å². The third kappa shape index (κ3) is 5.49. The Morgan fingerprint density at radius 3 is 1.68 bits per heavy atom. The second kappa shape index (κ2) is 12.9. The van der Waals surface area contributed by atoms with Crippen molar-refractivity contribution in [1.82, 2.24) is 5.32 Å². The minimum atomic E-state index is -0.383. The van der Waals surface area contributed by atoms with E-state index in [4.69, 9.17) is 14.4 Å². The molecule has 1 atom stereocenters. The maximum atomic E-state index is 6.70. The summed E-state index contributed by atoms with van der Waals surface area (Å²) in [6.07, 6.45) is -0.383. The Morgan fingerprint density at radius 2 is 0.943 bits per heavy atom. The first kappa shape index (κ1) is 30.8. The van der Waals surface area contributed by atoms with Crippen molar-refractivity contribution in [1.29, 1.82) is 0 Å². The van der Waals surface area contributed by atoms with E-state index in [-0.39, 0.29) is 6.17 Å². The van der Waals surface area contributed by atoms with Gasteiger partial charge in [0.2, 0.25) is 0 Å². The van der Waals surface area contributed by atoms with E-state index in [0.717, 1.165) is 61.0 Å². The number of fused-ring (bicyclic) bond motifs is 4. The molecular formula is C49H33N3O. The number of benzene rings is 8. The highest BCUT2D eigenvalue weighted by Crippen LogP contribution is 2.40. The van der Waals surface area contributed by atoms with Crippen molar-refractivity contribution in [2.24, 2.45) is 9.98 Å². The molecule has 250 valence electrons. The number of hydrogen-bond acceptors (Lipinski definition) is 4. The largest absolute Gasteiger partial charge is 0.455 e. The van der Waals surface area contributed by atoms with Gasteiger partial charge < -0.3 is 9.73 Å². The number of nitrogens with one attached hydrogen (secondary N) is 1. The number of amidine groups is 2. The van der Waals surface area contributed by atoms with Crippen LogP contribution >= 0.6 is 0 Å². The lowest BCUT2D eigenvalue weighted by Gasteiger charge is -2.25. The van der Waals surface area contributed by atoms with Gasteiger partial charge in [-0.1, -0.05) is 170 Å². The Bertz CT molecular complexity index is 2840. The predicted molar refractivity (Wildman–Crippen MR) is 219 cm³/mol. The van der Waals surface area contributed by atoms with Crippen molar-refractivity contribution < 1.29 is 4.42 Å². The van der Waals surface area contributed by atoms with Gasteiger partial charge in [0.1, 0.15) is 23.2 Å². The summed E-state index contributed by atoms with van der Waals surface area (Å²) >= 11 is 0. The molecule has 0 radical (unpaired) electrons. The fourth-order valence-corrected chi connectivity index (χ4v) is 7.62. The van der Waals surface area contributed by atoms with E-state index in [1.165, 1.54) is 27.6 Å². The van der Waals surface area contributed by atoms with Crippen LogP contribution in [0.15, 0.2) is 202 Å². The summed E-state index contributed by atoms with van der Waals surface area (Å²) < 4.78 is 6.70. The van der Waals surface area contributed by atoms with E-state index >= 15 is 0 Å². The summed E-state index contributed by atoms with van der Waals surface area (Å²) in [6.45, 7) is 0. The van der Waals surface area contributed by atoms with E-state index in [1.54, 1.807) is 0 Å². The molecule has 0 fully saturated rings. The van der Waals surface area contributed by atoms with Crippen LogP contribution in [0.4, 0.5) is 0 Å². The second-order valence-electron chi connectivity index (χ2n) is 13.3. The van der Waals surface area contributed by atoms with Gasteiger partial charge in [0.25, 0.3) is 0 Å². The van der Waals surface area contributed by atoms with E-state index < -0.39 is 0 Å². The fourth-order valence-electron chi connectivity index (χ4n) is 7.62. The van der Waals surface area contributed by atoms with E-state index in [9.17, 15) is 0 Å². The number of rotatable bonds is 6. The van der Waals surface area contributed by atoms with Crippen LogP contribution in [0, 0.1) is 0 Å². The number of furan rings is 1. The molecule has 1 aliphatic rings. The zero-order valence-corrected chi connectivity index (χ0v) is 28.8. The summed E-state index contributed by atoms with van der Waals surface area (Å²) in [5, 5.41) is 8.08. The van der Waals surface area contributed by atoms with Gasteiger partial charge in [-0.05, 0) is 56.8 Å².